The number of rotatable bonds is 6. The molecule has 0 spiro atoms. The molecule has 0 unspecified atom stereocenters. The number of nitrogens with one attached hydrogen (secondary N) is 1. The standard InChI is InChI=1S/C24H27F3N4O3/c1-23(2,34)17-11-18(28)15(12-29-16-8-6-14(13-32)7-9-16)10-20(17)31-22(33)19-4-3-5-21(30-19)24(25,26)27/h3-5,10-14,16,34H,6-9,28H2,1-2H3,(H,31,33). The number of nitrogens with two attached hydrogens (primary N) is 1. The average Bonchev–Trinajstić information content (AvgIpc) is 2.78. The average molecular weight is 476 g/mol. The Hall–Kier alpha value is -3.27. The third-order valence-corrected chi connectivity index (χ3v) is 5.76. The van der Waals surface area contributed by atoms with Crippen LogP contribution in [0.5, 0.6) is 0 Å². The summed E-state index contributed by atoms with van der Waals surface area (Å²) in [4.78, 5) is 31.6. The second kappa shape index (κ2) is 9.92. The number of nitrogen functional groups attached to an aromatic ring is 1. The minimum atomic E-state index is -4.69. The number of hydrogen-bond acceptors (Lipinski definition) is 6. The molecule has 4 N–H and O–H groups in total. The number of carbonyl (C=O) groups excluding carboxylic acids is 2. The molecule has 0 saturated heterocycles. The summed E-state index contributed by atoms with van der Waals surface area (Å²) in [6.07, 6.45) is 0.936. The van der Waals surface area contributed by atoms with Crippen LogP contribution in [0.2, 0.25) is 0 Å². The first-order chi connectivity index (χ1) is 15.9. The number of pyridine rings is 1. The molecule has 1 aromatic carbocycles. The van der Waals surface area contributed by atoms with E-state index in [1.54, 1.807) is 6.21 Å². The van der Waals surface area contributed by atoms with Crippen LogP contribution in [0.1, 0.15) is 66.8 Å². The van der Waals surface area contributed by atoms with Gasteiger partial charge in [-0.2, -0.15) is 13.2 Å². The van der Waals surface area contributed by atoms with Crippen LogP contribution in [0, 0.1) is 5.92 Å². The largest absolute Gasteiger partial charge is 0.433 e. The zero-order chi connectivity index (χ0) is 25.1. The number of aliphatic hydroxyl groups is 1. The molecule has 7 nitrogen and oxygen atoms in total. The molecule has 1 fully saturated rings. The van der Waals surface area contributed by atoms with Crippen molar-refractivity contribution in [3.05, 3.63) is 52.8 Å². The van der Waals surface area contributed by atoms with E-state index in [1.807, 2.05) is 0 Å². The first kappa shape index (κ1) is 25.4. The summed E-state index contributed by atoms with van der Waals surface area (Å²) in [6, 6.07) is 6.11. The second-order valence-corrected chi connectivity index (χ2v) is 8.93. The van der Waals surface area contributed by atoms with Crippen LogP contribution in [-0.4, -0.2) is 34.5 Å². The minimum Gasteiger partial charge on any atom is -0.398 e. The van der Waals surface area contributed by atoms with Crippen molar-refractivity contribution >= 4 is 29.8 Å². The number of nitrogens with zero attached hydrogens (tertiary/aromatic N) is 2. The van der Waals surface area contributed by atoms with E-state index in [0.717, 1.165) is 44.1 Å². The van der Waals surface area contributed by atoms with Crippen LogP contribution in [0.15, 0.2) is 35.3 Å². The lowest BCUT2D eigenvalue weighted by atomic mass is 9.87. The van der Waals surface area contributed by atoms with E-state index in [0.29, 0.717) is 11.3 Å². The van der Waals surface area contributed by atoms with Gasteiger partial charge in [0.2, 0.25) is 0 Å². The highest BCUT2D eigenvalue weighted by molar-refractivity contribution is 6.04. The third-order valence-electron chi connectivity index (χ3n) is 5.76. The highest BCUT2D eigenvalue weighted by Crippen LogP contribution is 2.33. The Morgan fingerprint density at radius 3 is 2.47 bits per heavy atom. The van der Waals surface area contributed by atoms with Gasteiger partial charge < -0.3 is 21.0 Å². The zero-order valence-electron chi connectivity index (χ0n) is 18.9. The van der Waals surface area contributed by atoms with Crippen molar-refractivity contribution in [3.63, 3.8) is 0 Å². The zero-order valence-corrected chi connectivity index (χ0v) is 18.9. The number of aliphatic imine (C=N–C) groups is 1. The second-order valence-electron chi connectivity index (χ2n) is 8.93. The summed E-state index contributed by atoms with van der Waals surface area (Å²) < 4.78 is 38.9. The lowest BCUT2D eigenvalue weighted by Crippen LogP contribution is -2.23. The molecule has 2 aromatic rings. The molecule has 1 heterocycles. The van der Waals surface area contributed by atoms with Crippen LogP contribution in [-0.2, 0) is 16.6 Å². The van der Waals surface area contributed by atoms with E-state index in [2.05, 4.69) is 15.3 Å². The maximum atomic E-state index is 13.0. The number of aldehydes is 1. The van der Waals surface area contributed by atoms with Crippen molar-refractivity contribution in [3.8, 4) is 0 Å². The normalized spacial score (nSPS) is 19.2. The summed E-state index contributed by atoms with van der Waals surface area (Å²) >= 11 is 0. The number of benzene rings is 1. The molecule has 0 aliphatic heterocycles. The molecular weight excluding hydrogens is 449 g/mol. The SMILES string of the molecule is CC(C)(O)c1cc(N)c(C=NC2CCC(C=O)CC2)cc1NC(=O)c1cccc(C(F)(F)F)n1. The van der Waals surface area contributed by atoms with Crippen molar-refractivity contribution in [1.29, 1.82) is 0 Å². The fourth-order valence-electron chi connectivity index (χ4n) is 3.83. The molecule has 1 amide bonds. The molecular formula is C24H27F3N4O3. The quantitative estimate of drug-likeness (QED) is 0.326. The highest BCUT2D eigenvalue weighted by atomic mass is 19.4. The summed E-state index contributed by atoms with van der Waals surface area (Å²) in [5, 5.41) is 13.1. The smallest absolute Gasteiger partial charge is 0.398 e. The van der Waals surface area contributed by atoms with Gasteiger partial charge in [0.05, 0.1) is 5.60 Å². The number of aromatic nitrogens is 1. The van der Waals surface area contributed by atoms with E-state index >= 15 is 0 Å². The molecule has 1 saturated carbocycles. The predicted octanol–water partition coefficient (Wildman–Crippen LogP) is 4.34. The van der Waals surface area contributed by atoms with Gasteiger partial charge in [-0.25, -0.2) is 4.98 Å². The molecule has 182 valence electrons. The van der Waals surface area contributed by atoms with Gasteiger partial charge in [-0.05, 0) is 63.8 Å². The Morgan fingerprint density at radius 1 is 1.21 bits per heavy atom. The van der Waals surface area contributed by atoms with Crippen LogP contribution >= 0.6 is 0 Å². The van der Waals surface area contributed by atoms with Crippen LogP contribution in [0.4, 0.5) is 24.5 Å². The Bertz CT molecular complexity index is 1090. The first-order valence-electron chi connectivity index (χ1n) is 10.9. The van der Waals surface area contributed by atoms with Crippen molar-refractivity contribution in [2.45, 2.75) is 57.3 Å². The third kappa shape index (κ3) is 6.19. The van der Waals surface area contributed by atoms with E-state index in [-0.39, 0.29) is 23.2 Å². The van der Waals surface area contributed by atoms with Gasteiger partial charge in [0, 0.05) is 40.7 Å². The minimum absolute atomic E-state index is 0.0388. The van der Waals surface area contributed by atoms with Gasteiger partial charge in [-0.3, -0.25) is 9.79 Å². The van der Waals surface area contributed by atoms with Gasteiger partial charge in [0.25, 0.3) is 5.91 Å². The maximum Gasteiger partial charge on any atom is 0.433 e. The fourth-order valence-corrected chi connectivity index (χ4v) is 3.83. The maximum absolute atomic E-state index is 13.0. The summed E-state index contributed by atoms with van der Waals surface area (Å²) in [5.41, 5.74) is 4.42. The summed E-state index contributed by atoms with van der Waals surface area (Å²) in [6.45, 7) is 3.00. The van der Waals surface area contributed by atoms with Gasteiger partial charge in [0.15, 0.2) is 0 Å². The molecule has 1 aliphatic carbocycles. The van der Waals surface area contributed by atoms with E-state index in [1.165, 1.54) is 32.0 Å². The number of hydrogen-bond donors (Lipinski definition) is 3. The molecule has 10 heteroatoms. The Labute approximate surface area is 195 Å². The molecule has 0 bridgehead atoms. The summed E-state index contributed by atoms with van der Waals surface area (Å²) in [5.74, 6) is -0.801. The highest BCUT2D eigenvalue weighted by Gasteiger charge is 2.33. The molecule has 1 aliphatic rings. The van der Waals surface area contributed by atoms with Crippen molar-refractivity contribution in [2.24, 2.45) is 10.9 Å². The molecule has 1 aromatic heterocycles. The van der Waals surface area contributed by atoms with E-state index in [4.69, 9.17) is 5.73 Å². The number of halogens is 3. The van der Waals surface area contributed by atoms with Crippen LogP contribution < -0.4 is 11.1 Å². The van der Waals surface area contributed by atoms with Crippen molar-refractivity contribution < 1.29 is 27.9 Å². The molecule has 0 radical (unpaired) electrons. The Kier molecular flexibility index (Phi) is 7.40. The van der Waals surface area contributed by atoms with Crippen molar-refractivity contribution in [1.82, 2.24) is 4.98 Å². The van der Waals surface area contributed by atoms with Crippen LogP contribution in [0.25, 0.3) is 0 Å². The van der Waals surface area contributed by atoms with Gasteiger partial charge in [-0.15, -0.1) is 0 Å². The Morgan fingerprint density at radius 2 is 1.88 bits per heavy atom. The molecule has 0 atom stereocenters. The van der Waals surface area contributed by atoms with Crippen molar-refractivity contribution in [2.75, 3.05) is 11.1 Å². The number of alkyl halides is 3. The molecule has 34 heavy (non-hydrogen) atoms. The predicted molar refractivity (Wildman–Crippen MR) is 123 cm³/mol. The lowest BCUT2D eigenvalue weighted by molar-refractivity contribution is -0.141. The number of carbonyl (C=O) groups is 2. The first-order valence-corrected chi connectivity index (χ1v) is 10.9. The number of anilines is 2. The fraction of sp³-hybridized carbons (Fsp3) is 0.417. The number of amides is 1. The van der Waals surface area contributed by atoms with E-state index < -0.39 is 29.1 Å². The summed E-state index contributed by atoms with van der Waals surface area (Å²) in [7, 11) is 0. The lowest BCUT2D eigenvalue weighted by Gasteiger charge is -2.24. The van der Waals surface area contributed by atoms with Gasteiger partial charge in [0.1, 0.15) is 17.7 Å². The van der Waals surface area contributed by atoms with Crippen LogP contribution in [0.3, 0.4) is 0 Å². The molecule has 3 rings (SSSR count). The Balaban J connectivity index is 1.89. The van der Waals surface area contributed by atoms with Gasteiger partial charge in [-0.1, -0.05) is 6.07 Å². The monoisotopic (exact) mass is 476 g/mol. The topological polar surface area (TPSA) is 118 Å². The van der Waals surface area contributed by atoms with Gasteiger partial charge >= 0.3 is 6.18 Å². The van der Waals surface area contributed by atoms with E-state index in [9.17, 15) is 27.9 Å².